The van der Waals surface area contributed by atoms with E-state index in [1.54, 1.807) is 0 Å². The van der Waals surface area contributed by atoms with Gasteiger partial charge in [-0.3, -0.25) is 0 Å². The predicted octanol–water partition coefficient (Wildman–Crippen LogP) is 24.4. The number of hydrogen-bond donors (Lipinski definition) is 0. The van der Waals surface area contributed by atoms with Crippen molar-refractivity contribution in [3.8, 4) is 22.3 Å². The number of anilines is 7. The largest absolute Gasteiger partial charge is 0.311 e. The Hall–Kier alpha value is -10.7. The minimum absolute atomic E-state index is 0.621. The molecule has 0 aliphatic heterocycles. The van der Waals surface area contributed by atoms with E-state index in [9.17, 15) is 0 Å². The van der Waals surface area contributed by atoms with E-state index in [1.807, 2.05) is 37.3 Å². The van der Waals surface area contributed by atoms with Crippen molar-refractivity contribution in [2.45, 2.75) is 64.7 Å². The van der Waals surface area contributed by atoms with Gasteiger partial charge in [0, 0.05) is 51.2 Å². The molecule has 0 heterocycles. The topological polar surface area (TPSA) is 9.72 Å². The van der Waals surface area contributed by atoms with Gasteiger partial charge < -0.3 is 14.7 Å². The summed E-state index contributed by atoms with van der Waals surface area (Å²) in [6.45, 7) is 10.5. The molecule has 91 heavy (non-hydrogen) atoms. The van der Waals surface area contributed by atoms with Crippen LogP contribution in [-0.2, 0) is 5.41 Å². The van der Waals surface area contributed by atoms with Crippen LogP contribution in [0.4, 0.5) is 39.8 Å². The number of para-hydroxylation sites is 2. The summed E-state index contributed by atoms with van der Waals surface area (Å²) in [6.07, 6.45) is 45.7. The van der Waals surface area contributed by atoms with Crippen molar-refractivity contribution in [2.24, 2.45) is 0 Å². The molecule has 9 aromatic carbocycles. The highest BCUT2D eigenvalue weighted by Gasteiger charge is 2.46. The van der Waals surface area contributed by atoms with Gasteiger partial charge in [-0.1, -0.05) is 255 Å². The van der Waals surface area contributed by atoms with Crippen LogP contribution in [0.5, 0.6) is 0 Å². The minimum atomic E-state index is -0.621. The Kier molecular flexibility index (Phi) is 19.3. The molecule has 0 spiro atoms. The molecule has 1 unspecified atom stereocenters. The summed E-state index contributed by atoms with van der Waals surface area (Å²) in [5.74, 6) is 0. The van der Waals surface area contributed by atoms with E-state index in [1.165, 1.54) is 96.7 Å². The monoisotopic (exact) mass is 1180 g/mol. The number of allylic oxidation sites excluding steroid dienone is 21. The van der Waals surface area contributed by atoms with Gasteiger partial charge in [-0.05, 0) is 218 Å². The van der Waals surface area contributed by atoms with E-state index in [0.717, 1.165) is 59.8 Å². The predicted molar refractivity (Wildman–Crippen MR) is 391 cm³/mol. The molecule has 9 aromatic rings. The first kappa shape index (κ1) is 60.5. The maximum absolute atomic E-state index is 4.13. The van der Waals surface area contributed by atoms with Gasteiger partial charge in [0.05, 0.1) is 5.41 Å². The smallest absolute Gasteiger partial charge is 0.0710 e. The molecule has 0 N–H and O–H groups in total. The third-order valence-corrected chi connectivity index (χ3v) is 17.5. The van der Waals surface area contributed by atoms with Gasteiger partial charge in [-0.25, -0.2) is 0 Å². The molecule has 0 radical (unpaired) electrons. The van der Waals surface area contributed by atoms with Crippen molar-refractivity contribution in [1.82, 2.24) is 0 Å². The normalized spacial score (nSPS) is 16.0. The second kappa shape index (κ2) is 29.1. The van der Waals surface area contributed by atoms with Gasteiger partial charge >= 0.3 is 0 Å². The molecule has 0 saturated heterocycles. The number of rotatable bonds is 18. The summed E-state index contributed by atoms with van der Waals surface area (Å²) >= 11 is 0. The lowest BCUT2D eigenvalue weighted by Crippen LogP contribution is -2.29. The van der Waals surface area contributed by atoms with Crippen molar-refractivity contribution in [3.63, 3.8) is 0 Å². The molecule has 4 aliphatic carbocycles. The van der Waals surface area contributed by atoms with Crippen LogP contribution in [-0.4, -0.2) is 0 Å². The first-order chi connectivity index (χ1) is 44.9. The maximum Gasteiger partial charge on any atom is 0.0710 e. The van der Waals surface area contributed by atoms with E-state index in [0.29, 0.717) is 0 Å². The second-order valence-electron chi connectivity index (χ2n) is 23.4. The molecule has 0 bridgehead atoms. The molecule has 1 atom stereocenters. The lowest BCUT2D eigenvalue weighted by molar-refractivity contribution is 0.761. The molecule has 3 nitrogen and oxygen atoms in total. The molecule has 0 amide bonds. The van der Waals surface area contributed by atoms with Crippen LogP contribution in [0.1, 0.15) is 80.2 Å². The van der Waals surface area contributed by atoms with Crippen LogP contribution in [0.3, 0.4) is 0 Å². The average Bonchev–Trinajstić information content (AvgIpc) is 1.59. The summed E-state index contributed by atoms with van der Waals surface area (Å²) in [7, 11) is 0. The van der Waals surface area contributed by atoms with Crippen LogP contribution in [0.15, 0.2) is 369 Å². The van der Waals surface area contributed by atoms with Gasteiger partial charge in [0.2, 0.25) is 0 Å². The summed E-state index contributed by atoms with van der Waals surface area (Å²) < 4.78 is 0. The molecule has 3 heteroatoms. The molecule has 0 saturated carbocycles. The fraction of sp³-hybridized carbons (Fsp3) is 0.114. The van der Waals surface area contributed by atoms with Gasteiger partial charge in [0.15, 0.2) is 0 Å². The lowest BCUT2D eigenvalue weighted by Gasteiger charge is -2.36. The Morgan fingerprint density at radius 3 is 1.21 bits per heavy atom. The quantitative estimate of drug-likeness (QED) is 0.0793. The van der Waals surface area contributed by atoms with Crippen LogP contribution < -0.4 is 14.7 Å². The van der Waals surface area contributed by atoms with E-state index in [2.05, 4.69) is 345 Å². The molecule has 0 fully saturated rings. The Labute approximate surface area is 540 Å². The Morgan fingerprint density at radius 1 is 0.363 bits per heavy atom. The Bertz CT molecular complexity index is 4280. The standard InChI is InChI=1S/C75H63N3.C13H16/c1-4-5-29-73-56(3)72-28-18-19-30-74(72)75(73,61-41-51-70(52-42-61)77(65-24-14-8-15-25-65)68-47-35-58(36-48-68)57-33-31-55(2)32-34-57)62-43-53-71(54-44-62)78(66-26-16-9-17-27-66)69-49-39-60(40-50-69)59-37-45-67(46-38-59)76(63-20-10-6-11-21-63)64-22-12-7-13-23-64;1-2-3-4-5-7-10-13-11-8-6-9-12-13/h4-5,8-10,12,14-54H,1,6-7,11,13H2,2-3H3;2-5,7-8,10-12H,6,9H2,1H3/b29-5-;3-2+,5-4-,10-7-. The van der Waals surface area contributed by atoms with E-state index in [4.69, 9.17) is 0 Å². The average molecular weight is 1180 g/mol. The molecular weight excluding hydrogens is 1100 g/mol. The molecule has 13 rings (SSSR count). The van der Waals surface area contributed by atoms with Crippen molar-refractivity contribution in [1.29, 1.82) is 0 Å². The number of benzene rings is 9. The summed E-state index contributed by atoms with van der Waals surface area (Å²) in [5.41, 5.74) is 24.3. The van der Waals surface area contributed by atoms with E-state index in [-0.39, 0.29) is 0 Å². The number of fused-ring (bicyclic) bond motifs is 1. The van der Waals surface area contributed by atoms with Crippen LogP contribution >= 0.6 is 0 Å². The summed E-state index contributed by atoms with van der Waals surface area (Å²) in [6, 6.07) is 84.6. The summed E-state index contributed by atoms with van der Waals surface area (Å²) in [5, 5.41) is 0. The number of nitrogens with zero attached hydrogens (tertiary/aromatic N) is 3. The van der Waals surface area contributed by atoms with Crippen LogP contribution in [0, 0.1) is 6.92 Å². The highest BCUT2D eigenvalue weighted by molar-refractivity contribution is 5.88. The Morgan fingerprint density at radius 2 is 0.769 bits per heavy atom. The van der Waals surface area contributed by atoms with Crippen molar-refractivity contribution in [2.75, 3.05) is 14.7 Å². The van der Waals surface area contributed by atoms with Crippen molar-refractivity contribution >= 4 is 45.4 Å². The fourth-order valence-corrected chi connectivity index (χ4v) is 13.0. The third kappa shape index (κ3) is 13.5. The van der Waals surface area contributed by atoms with Gasteiger partial charge in [0.1, 0.15) is 0 Å². The van der Waals surface area contributed by atoms with E-state index < -0.39 is 5.41 Å². The van der Waals surface area contributed by atoms with Gasteiger partial charge in [0.25, 0.3) is 0 Å². The van der Waals surface area contributed by atoms with Crippen LogP contribution in [0.2, 0.25) is 0 Å². The fourth-order valence-electron chi connectivity index (χ4n) is 13.0. The summed E-state index contributed by atoms with van der Waals surface area (Å²) in [4.78, 5) is 7.11. The zero-order chi connectivity index (χ0) is 62.2. The third-order valence-electron chi connectivity index (χ3n) is 17.5. The molecule has 446 valence electrons. The van der Waals surface area contributed by atoms with E-state index >= 15 is 0 Å². The highest BCUT2D eigenvalue weighted by Crippen LogP contribution is 2.56. The maximum atomic E-state index is 4.13. The van der Waals surface area contributed by atoms with Gasteiger partial charge in [-0.15, -0.1) is 0 Å². The highest BCUT2D eigenvalue weighted by atomic mass is 15.2. The van der Waals surface area contributed by atoms with Crippen molar-refractivity contribution < 1.29 is 0 Å². The second-order valence-corrected chi connectivity index (χ2v) is 23.4. The lowest BCUT2D eigenvalue weighted by atomic mass is 9.66. The van der Waals surface area contributed by atoms with Crippen molar-refractivity contribution in [3.05, 3.63) is 397 Å². The molecule has 4 aliphatic rings. The number of aryl methyl sites for hydroxylation is 1. The molecular formula is C88H79N3. The van der Waals surface area contributed by atoms with Crippen LogP contribution in [0.25, 0.3) is 27.8 Å². The first-order valence-electron chi connectivity index (χ1n) is 32.2. The zero-order valence-electron chi connectivity index (χ0n) is 52.6. The Balaban J connectivity index is 0.000000550. The zero-order valence-corrected chi connectivity index (χ0v) is 52.6. The molecule has 0 aromatic heterocycles. The first-order valence-corrected chi connectivity index (χ1v) is 32.2. The SMILES string of the molecule is C/C=C/C=C\C=C/C1=CCCC=C1.C=C/C=C\C1=C(C)c2ccccc2C1(c1ccc(N(c2ccccc2)c2ccc(-c3ccc(C)cc3)cc2)cc1)c1ccc(N(c2ccccc2)c2ccc(-c3ccc(N(C4=CCCC=C4)C4=CCCC=C4)cc3)cc2)cc1. The number of hydrogen-bond acceptors (Lipinski definition) is 3. The minimum Gasteiger partial charge on any atom is -0.311 e. The van der Waals surface area contributed by atoms with Gasteiger partial charge in [-0.2, -0.15) is 0 Å².